The molecule has 0 spiro atoms. The van der Waals surface area contributed by atoms with Gasteiger partial charge in [-0.05, 0) is 12.5 Å². The van der Waals surface area contributed by atoms with E-state index in [4.69, 9.17) is 0 Å². The molecule has 10 heavy (non-hydrogen) atoms. The van der Waals surface area contributed by atoms with Crippen molar-refractivity contribution in [2.45, 2.75) is 33.1 Å². The van der Waals surface area contributed by atoms with Crippen molar-refractivity contribution in [3.05, 3.63) is 21.9 Å². The first-order valence-electron chi connectivity index (χ1n) is 3.55. The van der Waals surface area contributed by atoms with E-state index in [0.29, 0.717) is 12.1 Å². The summed E-state index contributed by atoms with van der Waals surface area (Å²) in [4.78, 5) is 9.86. The van der Waals surface area contributed by atoms with Crippen molar-refractivity contribution in [1.82, 2.24) is 0 Å². The molecule has 0 aromatic heterocycles. The van der Waals surface area contributed by atoms with Crippen LogP contribution in [-0.2, 0) is 0 Å². The third-order valence-electron chi connectivity index (χ3n) is 1.27. The summed E-state index contributed by atoms with van der Waals surface area (Å²) in [6.07, 6.45) is 3.99. The molecule has 0 heterocycles. The highest BCUT2D eigenvalue weighted by Gasteiger charge is 2.04. The Kier molecular flexibility index (Phi) is 4.54. The topological polar surface area (TPSA) is 43.1 Å². The molecule has 0 aliphatic rings. The van der Waals surface area contributed by atoms with Crippen LogP contribution >= 0.6 is 0 Å². The van der Waals surface area contributed by atoms with Crippen molar-refractivity contribution in [3.63, 3.8) is 0 Å². The normalized spacial score (nSPS) is 11.6. The number of unbranched alkanes of at least 4 members (excludes halogenated alkanes) is 1. The SMILES string of the molecule is CCC/C=C(/CC)[N+](=O)[O-]. The largest absolute Gasteiger partial charge is 0.259 e. The molecule has 0 rings (SSSR count). The third kappa shape index (κ3) is 3.22. The van der Waals surface area contributed by atoms with Crippen molar-refractivity contribution in [1.29, 1.82) is 0 Å². The van der Waals surface area contributed by atoms with Crippen LogP contribution in [0.25, 0.3) is 0 Å². The van der Waals surface area contributed by atoms with Crippen LogP contribution < -0.4 is 0 Å². The number of rotatable bonds is 4. The molecule has 0 fully saturated rings. The average molecular weight is 143 g/mol. The van der Waals surface area contributed by atoms with Crippen LogP contribution in [0.4, 0.5) is 0 Å². The van der Waals surface area contributed by atoms with Crippen molar-refractivity contribution in [2.75, 3.05) is 0 Å². The smallest absolute Gasteiger partial charge is 0.242 e. The van der Waals surface area contributed by atoms with Crippen molar-refractivity contribution >= 4 is 0 Å². The zero-order chi connectivity index (χ0) is 7.98. The first-order chi connectivity index (χ1) is 4.72. The number of hydrogen-bond donors (Lipinski definition) is 0. The van der Waals surface area contributed by atoms with Gasteiger partial charge in [-0.2, -0.15) is 0 Å². The fourth-order valence-electron chi connectivity index (χ4n) is 0.659. The van der Waals surface area contributed by atoms with Gasteiger partial charge in [-0.1, -0.05) is 20.3 Å². The van der Waals surface area contributed by atoms with E-state index in [1.54, 1.807) is 13.0 Å². The highest BCUT2D eigenvalue weighted by molar-refractivity contribution is 4.89. The predicted molar refractivity (Wildman–Crippen MR) is 40.3 cm³/mol. The third-order valence-corrected chi connectivity index (χ3v) is 1.27. The summed E-state index contributed by atoms with van der Waals surface area (Å²) in [6, 6.07) is 0. The van der Waals surface area contributed by atoms with E-state index in [2.05, 4.69) is 0 Å². The Balaban J connectivity index is 3.91. The lowest BCUT2D eigenvalue weighted by Crippen LogP contribution is -1.96. The predicted octanol–water partition coefficient (Wildman–Crippen LogP) is 2.36. The van der Waals surface area contributed by atoms with Crippen LogP contribution in [0.5, 0.6) is 0 Å². The Morgan fingerprint density at radius 1 is 1.60 bits per heavy atom. The molecule has 0 saturated heterocycles. The van der Waals surface area contributed by atoms with Gasteiger partial charge in [-0.3, -0.25) is 10.1 Å². The standard InChI is InChI=1S/C7H13NO2/c1-3-5-6-7(4-2)8(9)10/h6H,3-5H2,1-2H3/b7-6-. The highest BCUT2D eigenvalue weighted by atomic mass is 16.6. The monoisotopic (exact) mass is 143 g/mol. The molecule has 0 N–H and O–H groups in total. The van der Waals surface area contributed by atoms with Crippen molar-refractivity contribution in [3.8, 4) is 0 Å². The highest BCUT2D eigenvalue weighted by Crippen LogP contribution is 2.03. The van der Waals surface area contributed by atoms with E-state index in [1.807, 2.05) is 6.92 Å². The quantitative estimate of drug-likeness (QED) is 0.448. The molecule has 0 saturated carbocycles. The van der Waals surface area contributed by atoms with E-state index < -0.39 is 0 Å². The van der Waals surface area contributed by atoms with Gasteiger partial charge in [0, 0.05) is 6.42 Å². The molecule has 3 nitrogen and oxygen atoms in total. The summed E-state index contributed by atoms with van der Waals surface area (Å²) >= 11 is 0. The Labute approximate surface area is 60.9 Å². The summed E-state index contributed by atoms with van der Waals surface area (Å²) in [5.41, 5.74) is 0.335. The Morgan fingerprint density at radius 3 is 2.50 bits per heavy atom. The summed E-state index contributed by atoms with van der Waals surface area (Å²) in [6.45, 7) is 3.80. The molecule has 0 bridgehead atoms. The fraction of sp³-hybridized carbons (Fsp3) is 0.714. The van der Waals surface area contributed by atoms with Gasteiger partial charge in [0.15, 0.2) is 0 Å². The molecular weight excluding hydrogens is 130 g/mol. The number of nitrogens with zero attached hydrogens (tertiary/aromatic N) is 1. The van der Waals surface area contributed by atoms with Crippen LogP contribution in [0, 0.1) is 10.1 Å². The first kappa shape index (κ1) is 9.14. The number of hydrogen-bond acceptors (Lipinski definition) is 2. The lowest BCUT2D eigenvalue weighted by Gasteiger charge is -1.91. The Bertz CT molecular complexity index is 141. The lowest BCUT2D eigenvalue weighted by atomic mass is 10.2. The molecule has 3 heteroatoms. The molecule has 0 aromatic carbocycles. The van der Waals surface area contributed by atoms with Gasteiger partial charge in [0.1, 0.15) is 0 Å². The molecule has 0 aromatic rings. The number of allylic oxidation sites excluding steroid dienone is 2. The van der Waals surface area contributed by atoms with E-state index >= 15 is 0 Å². The minimum Gasteiger partial charge on any atom is -0.259 e. The summed E-state index contributed by atoms with van der Waals surface area (Å²) in [5.74, 6) is 0. The maximum absolute atomic E-state index is 10.2. The minimum atomic E-state index is -0.310. The van der Waals surface area contributed by atoms with E-state index in [-0.39, 0.29) is 4.92 Å². The maximum atomic E-state index is 10.2. The van der Waals surface area contributed by atoms with Gasteiger partial charge in [0.2, 0.25) is 5.70 Å². The van der Waals surface area contributed by atoms with Gasteiger partial charge in [0.25, 0.3) is 0 Å². The van der Waals surface area contributed by atoms with Crippen LogP contribution in [0.2, 0.25) is 0 Å². The number of nitro groups is 1. The van der Waals surface area contributed by atoms with Crippen LogP contribution in [-0.4, -0.2) is 4.92 Å². The second-order valence-electron chi connectivity index (χ2n) is 2.09. The summed E-state index contributed by atoms with van der Waals surface area (Å²) in [7, 11) is 0. The minimum absolute atomic E-state index is 0.310. The Hall–Kier alpha value is -0.860. The maximum Gasteiger partial charge on any atom is 0.242 e. The van der Waals surface area contributed by atoms with E-state index in [1.165, 1.54) is 0 Å². The van der Waals surface area contributed by atoms with Gasteiger partial charge >= 0.3 is 0 Å². The van der Waals surface area contributed by atoms with Crippen molar-refractivity contribution in [2.24, 2.45) is 0 Å². The molecule has 0 aliphatic heterocycles. The molecule has 0 amide bonds. The van der Waals surface area contributed by atoms with Gasteiger partial charge in [0.05, 0.1) is 4.92 Å². The fourth-order valence-corrected chi connectivity index (χ4v) is 0.659. The molecular formula is C7H13NO2. The zero-order valence-corrected chi connectivity index (χ0v) is 6.46. The second kappa shape index (κ2) is 4.97. The molecule has 0 radical (unpaired) electrons. The lowest BCUT2D eigenvalue weighted by molar-refractivity contribution is -0.427. The molecule has 0 unspecified atom stereocenters. The van der Waals surface area contributed by atoms with Crippen LogP contribution in [0.1, 0.15) is 33.1 Å². The van der Waals surface area contributed by atoms with Gasteiger partial charge in [-0.25, -0.2) is 0 Å². The van der Waals surface area contributed by atoms with Crippen LogP contribution in [0.15, 0.2) is 11.8 Å². The van der Waals surface area contributed by atoms with Gasteiger partial charge < -0.3 is 0 Å². The zero-order valence-electron chi connectivity index (χ0n) is 6.46. The Morgan fingerprint density at radius 2 is 2.20 bits per heavy atom. The van der Waals surface area contributed by atoms with Crippen LogP contribution in [0.3, 0.4) is 0 Å². The molecule has 58 valence electrons. The molecule has 0 aliphatic carbocycles. The van der Waals surface area contributed by atoms with E-state index in [9.17, 15) is 10.1 Å². The molecule has 0 atom stereocenters. The van der Waals surface area contributed by atoms with Gasteiger partial charge in [-0.15, -0.1) is 0 Å². The second-order valence-corrected chi connectivity index (χ2v) is 2.09. The summed E-state index contributed by atoms with van der Waals surface area (Å²) < 4.78 is 0. The average Bonchev–Trinajstić information content (AvgIpc) is 1.89. The van der Waals surface area contributed by atoms with E-state index in [0.717, 1.165) is 12.8 Å². The first-order valence-corrected chi connectivity index (χ1v) is 3.55. The van der Waals surface area contributed by atoms with Crippen molar-refractivity contribution < 1.29 is 4.92 Å². The summed E-state index contributed by atoms with van der Waals surface area (Å²) in [5, 5.41) is 10.2.